The second-order valence-corrected chi connectivity index (χ2v) is 6.31. The molecule has 5 nitrogen and oxygen atoms in total. The Kier molecular flexibility index (Phi) is 4.40. The Morgan fingerprint density at radius 3 is 2.04 bits per heavy atom. The average molecular weight is 335 g/mol. The third kappa shape index (κ3) is 2.93. The minimum Gasteiger partial charge on any atom is -0.362 e. The summed E-state index contributed by atoms with van der Waals surface area (Å²) in [5, 5.41) is 10.4. The molecule has 1 aliphatic heterocycles. The van der Waals surface area contributed by atoms with E-state index in [0.717, 1.165) is 28.2 Å². The summed E-state index contributed by atoms with van der Waals surface area (Å²) < 4.78 is 0. The Bertz CT molecular complexity index is 868. The third-order valence-electron chi connectivity index (χ3n) is 4.56. The van der Waals surface area contributed by atoms with Crippen LogP contribution >= 0.6 is 0 Å². The van der Waals surface area contributed by atoms with E-state index in [-0.39, 0.29) is 11.6 Å². The van der Waals surface area contributed by atoms with Crippen LogP contribution in [0.3, 0.4) is 0 Å². The van der Waals surface area contributed by atoms with Gasteiger partial charge in [-0.1, -0.05) is 30.3 Å². The van der Waals surface area contributed by atoms with Crippen molar-refractivity contribution in [3.63, 3.8) is 0 Å². The molecule has 1 aliphatic rings. The van der Waals surface area contributed by atoms with Crippen LogP contribution in [0.25, 0.3) is 11.3 Å². The minimum absolute atomic E-state index is 0.0542. The van der Waals surface area contributed by atoms with Gasteiger partial charge in [0.15, 0.2) is 11.6 Å². The zero-order chi connectivity index (χ0) is 18.1. The number of carbonyl (C=O) groups excluding carboxylic acids is 2. The summed E-state index contributed by atoms with van der Waals surface area (Å²) in [7, 11) is 0. The number of aromatic amines is 1. The maximum Gasteiger partial charge on any atom is 0.158 e. The first-order valence-corrected chi connectivity index (χ1v) is 8.21. The predicted molar refractivity (Wildman–Crippen MR) is 96.7 cm³/mol. The first-order valence-electron chi connectivity index (χ1n) is 8.21. The summed E-state index contributed by atoms with van der Waals surface area (Å²) in [6.07, 6.45) is 1.71. The number of nitrogens with one attached hydrogen (secondary N) is 2. The van der Waals surface area contributed by atoms with Gasteiger partial charge in [0.1, 0.15) is 0 Å². The van der Waals surface area contributed by atoms with Crippen LogP contribution in [0, 0.1) is 0 Å². The Morgan fingerprint density at radius 1 is 0.960 bits per heavy atom. The van der Waals surface area contributed by atoms with Gasteiger partial charge in [-0.3, -0.25) is 14.7 Å². The van der Waals surface area contributed by atoms with E-state index in [4.69, 9.17) is 0 Å². The van der Waals surface area contributed by atoms with Gasteiger partial charge < -0.3 is 5.32 Å². The maximum absolute atomic E-state index is 12.4. The molecule has 0 saturated carbocycles. The van der Waals surface area contributed by atoms with E-state index in [1.165, 1.54) is 13.8 Å². The SMILES string of the molecule is CC(=O)C1=C(C)NC(C)=C(C(C)=O)C1c1cn[nH]c1-c1ccccc1. The van der Waals surface area contributed by atoms with Crippen LogP contribution in [0.4, 0.5) is 0 Å². The van der Waals surface area contributed by atoms with Gasteiger partial charge in [-0.25, -0.2) is 0 Å². The lowest BCUT2D eigenvalue weighted by Gasteiger charge is -2.30. The normalized spacial score (nSPS) is 15.4. The molecule has 2 N–H and O–H groups in total. The molecule has 128 valence electrons. The van der Waals surface area contributed by atoms with Crippen LogP contribution in [-0.4, -0.2) is 21.8 Å². The van der Waals surface area contributed by atoms with Crippen molar-refractivity contribution in [2.75, 3.05) is 0 Å². The van der Waals surface area contributed by atoms with Gasteiger partial charge in [0.2, 0.25) is 0 Å². The second-order valence-electron chi connectivity index (χ2n) is 6.31. The van der Waals surface area contributed by atoms with E-state index in [0.29, 0.717) is 11.1 Å². The lowest BCUT2D eigenvalue weighted by atomic mass is 9.77. The molecule has 0 fully saturated rings. The topological polar surface area (TPSA) is 74.8 Å². The lowest BCUT2D eigenvalue weighted by molar-refractivity contribution is -0.114. The second kappa shape index (κ2) is 6.51. The van der Waals surface area contributed by atoms with Crippen molar-refractivity contribution in [1.29, 1.82) is 0 Å². The molecule has 0 saturated heterocycles. The first kappa shape index (κ1) is 16.9. The summed E-state index contributed by atoms with van der Waals surface area (Å²) >= 11 is 0. The number of benzene rings is 1. The Labute approximate surface area is 146 Å². The van der Waals surface area contributed by atoms with Crippen LogP contribution in [0.1, 0.15) is 39.2 Å². The quantitative estimate of drug-likeness (QED) is 0.897. The number of hydrogen-bond donors (Lipinski definition) is 2. The van der Waals surface area contributed by atoms with Gasteiger partial charge in [0, 0.05) is 34.0 Å². The highest BCUT2D eigenvalue weighted by atomic mass is 16.1. The van der Waals surface area contributed by atoms with Crippen molar-refractivity contribution in [3.8, 4) is 11.3 Å². The van der Waals surface area contributed by atoms with Gasteiger partial charge in [0.25, 0.3) is 0 Å². The van der Waals surface area contributed by atoms with Crippen molar-refractivity contribution < 1.29 is 9.59 Å². The molecular formula is C20H21N3O2. The van der Waals surface area contributed by atoms with Crippen LogP contribution in [-0.2, 0) is 9.59 Å². The minimum atomic E-state index is -0.426. The first-order chi connectivity index (χ1) is 11.9. The zero-order valence-corrected chi connectivity index (χ0v) is 14.8. The fourth-order valence-electron chi connectivity index (χ4n) is 3.59. The molecular weight excluding hydrogens is 314 g/mol. The lowest BCUT2D eigenvalue weighted by Crippen LogP contribution is -2.29. The molecule has 3 rings (SSSR count). The van der Waals surface area contributed by atoms with Crippen molar-refractivity contribution in [2.24, 2.45) is 0 Å². The molecule has 0 unspecified atom stereocenters. The summed E-state index contributed by atoms with van der Waals surface area (Å²) in [5.74, 6) is -0.534. The smallest absolute Gasteiger partial charge is 0.158 e. The molecule has 0 amide bonds. The zero-order valence-electron chi connectivity index (χ0n) is 14.8. The standard InChI is InChI=1S/C20H21N3O2/c1-11-17(13(3)24)19(18(14(4)25)12(2)22-11)16-10-21-23-20(16)15-8-6-5-7-9-15/h5-10,19,22H,1-4H3,(H,21,23). The number of rotatable bonds is 4. The van der Waals surface area contributed by atoms with Gasteiger partial charge in [-0.05, 0) is 33.3 Å². The summed E-state index contributed by atoms with van der Waals surface area (Å²) in [4.78, 5) is 24.8. The van der Waals surface area contributed by atoms with Gasteiger partial charge in [0.05, 0.1) is 11.9 Å². The fourth-order valence-corrected chi connectivity index (χ4v) is 3.59. The fraction of sp³-hybridized carbons (Fsp3) is 0.250. The van der Waals surface area contributed by atoms with E-state index in [1.54, 1.807) is 6.20 Å². The van der Waals surface area contributed by atoms with Gasteiger partial charge in [-0.15, -0.1) is 0 Å². The highest BCUT2D eigenvalue weighted by molar-refractivity contribution is 6.04. The Balaban J connectivity index is 2.25. The Hall–Kier alpha value is -2.95. The highest BCUT2D eigenvalue weighted by Gasteiger charge is 2.35. The number of carbonyl (C=O) groups is 2. The monoisotopic (exact) mass is 335 g/mol. The van der Waals surface area contributed by atoms with Crippen LogP contribution in [0.5, 0.6) is 0 Å². The Morgan fingerprint density at radius 2 is 1.52 bits per heavy atom. The van der Waals surface area contributed by atoms with E-state index < -0.39 is 5.92 Å². The van der Waals surface area contributed by atoms with E-state index in [1.807, 2.05) is 44.2 Å². The summed E-state index contributed by atoms with van der Waals surface area (Å²) in [6.45, 7) is 6.81. The number of hydrogen-bond acceptors (Lipinski definition) is 4. The molecule has 0 spiro atoms. The molecule has 1 aromatic carbocycles. The molecule has 0 radical (unpaired) electrons. The maximum atomic E-state index is 12.4. The van der Waals surface area contributed by atoms with Crippen molar-refractivity contribution in [2.45, 2.75) is 33.6 Å². The van der Waals surface area contributed by atoms with E-state index in [9.17, 15) is 9.59 Å². The highest BCUT2D eigenvalue weighted by Crippen LogP contribution is 2.41. The third-order valence-corrected chi connectivity index (χ3v) is 4.56. The van der Waals surface area contributed by atoms with Gasteiger partial charge in [-0.2, -0.15) is 5.10 Å². The van der Waals surface area contributed by atoms with E-state index in [2.05, 4.69) is 15.5 Å². The van der Waals surface area contributed by atoms with Crippen LogP contribution < -0.4 is 5.32 Å². The summed E-state index contributed by atoms with van der Waals surface area (Å²) in [6, 6.07) is 9.79. The number of nitrogens with zero attached hydrogens (tertiary/aromatic N) is 1. The van der Waals surface area contributed by atoms with E-state index >= 15 is 0 Å². The number of aromatic nitrogens is 2. The average Bonchev–Trinajstić information content (AvgIpc) is 3.03. The molecule has 1 aromatic heterocycles. The van der Waals surface area contributed by atoms with Crippen molar-refractivity contribution in [3.05, 3.63) is 64.6 Å². The van der Waals surface area contributed by atoms with Crippen molar-refractivity contribution in [1.82, 2.24) is 15.5 Å². The number of dihydropyridines is 1. The molecule has 25 heavy (non-hydrogen) atoms. The van der Waals surface area contributed by atoms with Crippen LogP contribution in [0.15, 0.2) is 59.1 Å². The number of Topliss-reactive ketones (excluding diaryl/α,β-unsaturated/α-hetero) is 2. The van der Waals surface area contributed by atoms with Crippen LogP contribution in [0.2, 0.25) is 0 Å². The van der Waals surface area contributed by atoms with Gasteiger partial charge >= 0.3 is 0 Å². The molecule has 0 atom stereocenters. The summed E-state index contributed by atoms with van der Waals surface area (Å²) in [5.41, 5.74) is 5.39. The molecule has 2 heterocycles. The number of H-pyrrole nitrogens is 1. The molecule has 2 aromatic rings. The number of ketones is 2. The number of allylic oxidation sites excluding steroid dienone is 4. The molecule has 0 aliphatic carbocycles. The largest absolute Gasteiger partial charge is 0.362 e. The molecule has 0 bridgehead atoms. The molecule has 5 heteroatoms. The van der Waals surface area contributed by atoms with Crippen molar-refractivity contribution >= 4 is 11.6 Å². The predicted octanol–water partition coefficient (Wildman–Crippen LogP) is 3.49.